The van der Waals surface area contributed by atoms with Crippen molar-refractivity contribution in [3.63, 3.8) is 0 Å². The van der Waals surface area contributed by atoms with E-state index in [1.165, 1.54) is 71.4 Å². The summed E-state index contributed by atoms with van der Waals surface area (Å²) in [5.41, 5.74) is 2.45. The van der Waals surface area contributed by atoms with Crippen molar-refractivity contribution in [3.05, 3.63) is 35.9 Å². The second-order valence-electron chi connectivity index (χ2n) is 8.67. The van der Waals surface area contributed by atoms with Gasteiger partial charge in [0.2, 0.25) is 0 Å². The number of piperazine rings is 1. The van der Waals surface area contributed by atoms with Gasteiger partial charge in [0.15, 0.2) is 0 Å². The predicted octanol–water partition coefficient (Wildman–Crippen LogP) is 3.03. The molecule has 132 valence electrons. The third kappa shape index (κ3) is 2.91. The van der Waals surface area contributed by atoms with Crippen molar-refractivity contribution in [1.29, 1.82) is 0 Å². The lowest BCUT2D eigenvalue weighted by molar-refractivity contribution is 0.0228. The normalized spacial score (nSPS) is 32.4. The highest BCUT2D eigenvalue weighted by Crippen LogP contribution is 2.57. The van der Waals surface area contributed by atoms with Crippen LogP contribution in [0.4, 0.5) is 0 Å². The molecule has 0 aromatic heterocycles. The van der Waals surface area contributed by atoms with Crippen molar-refractivity contribution >= 4 is 0 Å². The molecule has 3 fully saturated rings. The fraction of sp³-hybridized carbons (Fsp3) is 0.714. The summed E-state index contributed by atoms with van der Waals surface area (Å²) in [6, 6.07) is 11.4. The summed E-state index contributed by atoms with van der Waals surface area (Å²) in [5.74, 6) is 0. The van der Waals surface area contributed by atoms with Gasteiger partial charge < -0.3 is 9.80 Å². The Balaban J connectivity index is 1.63. The lowest BCUT2D eigenvalue weighted by Crippen LogP contribution is -2.54. The molecule has 3 heteroatoms. The van der Waals surface area contributed by atoms with Crippen molar-refractivity contribution in [1.82, 2.24) is 14.7 Å². The number of benzene rings is 1. The second kappa shape index (κ2) is 6.44. The average molecular weight is 328 g/mol. The summed E-state index contributed by atoms with van der Waals surface area (Å²) in [5, 5.41) is 0. The van der Waals surface area contributed by atoms with Crippen LogP contribution in [-0.2, 0) is 5.54 Å². The predicted molar refractivity (Wildman–Crippen MR) is 100 cm³/mol. The van der Waals surface area contributed by atoms with Gasteiger partial charge in [-0.3, -0.25) is 4.90 Å². The second-order valence-corrected chi connectivity index (χ2v) is 8.67. The summed E-state index contributed by atoms with van der Waals surface area (Å²) in [7, 11) is 4.55. The molecule has 1 saturated carbocycles. The van der Waals surface area contributed by atoms with Crippen molar-refractivity contribution in [2.24, 2.45) is 5.41 Å². The van der Waals surface area contributed by atoms with Crippen LogP contribution in [0.25, 0.3) is 0 Å². The number of rotatable bonds is 2. The zero-order valence-corrected chi connectivity index (χ0v) is 15.5. The Kier molecular flexibility index (Phi) is 4.44. The van der Waals surface area contributed by atoms with E-state index < -0.39 is 0 Å². The molecule has 1 unspecified atom stereocenters. The number of likely N-dealkylation sites (tertiary alicyclic amines) is 1. The molecule has 0 radical (unpaired) electrons. The quantitative estimate of drug-likeness (QED) is 0.827. The maximum atomic E-state index is 2.84. The zero-order chi connectivity index (χ0) is 16.6. The first-order valence-electron chi connectivity index (χ1n) is 9.80. The Labute approximate surface area is 147 Å². The van der Waals surface area contributed by atoms with Gasteiger partial charge in [-0.15, -0.1) is 0 Å². The van der Waals surface area contributed by atoms with E-state index in [1.807, 2.05) is 0 Å². The zero-order valence-electron chi connectivity index (χ0n) is 15.5. The number of hydrogen-bond acceptors (Lipinski definition) is 3. The van der Waals surface area contributed by atoms with Gasteiger partial charge in [-0.25, -0.2) is 0 Å². The van der Waals surface area contributed by atoms with E-state index in [2.05, 4.69) is 59.1 Å². The lowest BCUT2D eigenvalue weighted by atomic mass is 9.74. The number of nitrogens with zero attached hydrogens (tertiary/aromatic N) is 3. The standard InChI is InChI=1S/C21H33N3/c1-22-12-10-20(11-13-22)8-9-21(18-20,19-6-4-3-5-7-19)24-16-14-23(2)15-17-24/h3-7H,8-18H2,1-2H3. The van der Waals surface area contributed by atoms with Gasteiger partial charge >= 0.3 is 0 Å². The molecule has 24 heavy (non-hydrogen) atoms. The molecular weight excluding hydrogens is 294 g/mol. The van der Waals surface area contributed by atoms with Crippen LogP contribution in [0, 0.1) is 5.41 Å². The van der Waals surface area contributed by atoms with E-state index >= 15 is 0 Å². The van der Waals surface area contributed by atoms with Gasteiger partial charge in [-0.05, 0) is 70.3 Å². The molecule has 3 aliphatic rings. The Morgan fingerprint density at radius 3 is 2.00 bits per heavy atom. The van der Waals surface area contributed by atoms with Crippen LogP contribution >= 0.6 is 0 Å². The third-order valence-corrected chi connectivity index (χ3v) is 7.20. The minimum atomic E-state index is 0.290. The van der Waals surface area contributed by atoms with E-state index in [-0.39, 0.29) is 0 Å². The van der Waals surface area contributed by atoms with Gasteiger partial charge in [-0.2, -0.15) is 0 Å². The van der Waals surface area contributed by atoms with Crippen molar-refractivity contribution < 1.29 is 0 Å². The highest BCUT2D eigenvalue weighted by atomic mass is 15.3. The fourth-order valence-corrected chi connectivity index (χ4v) is 5.47. The molecule has 2 heterocycles. The van der Waals surface area contributed by atoms with E-state index in [1.54, 1.807) is 5.56 Å². The monoisotopic (exact) mass is 327 g/mol. The summed E-state index contributed by atoms with van der Waals surface area (Å²) in [6.45, 7) is 7.44. The van der Waals surface area contributed by atoms with Crippen LogP contribution in [-0.4, -0.2) is 68.1 Å². The van der Waals surface area contributed by atoms with E-state index in [4.69, 9.17) is 0 Å². The Morgan fingerprint density at radius 1 is 0.708 bits per heavy atom. The molecule has 2 saturated heterocycles. The SMILES string of the molecule is CN1CCN(C2(c3ccccc3)CCC3(CCN(C)CC3)C2)CC1. The molecule has 1 aliphatic carbocycles. The van der Waals surface area contributed by atoms with Crippen molar-refractivity contribution in [2.75, 3.05) is 53.4 Å². The van der Waals surface area contributed by atoms with Crippen LogP contribution in [0.2, 0.25) is 0 Å². The Hall–Kier alpha value is -0.900. The van der Waals surface area contributed by atoms with Crippen LogP contribution in [0.15, 0.2) is 30.3 Å². The first kappa shape index (κ1) is 16.6. The maximum Gasteiger partial charge on any atom is 0.0467 e. The third-order valence-electron chi connectivity index (χ3n) is 7.20. The van der Waals surface area contributed by atoms with Crippen molar-refractivity contribution in [2.45, 2.75) is 37.6 Å². The molecule has 0 bridgehead atoms. The molecule has 4 rings (SSSR count). The van der Waals surface area contributed by atoms with Gasteiger partial charge in [-0.1, -0.05) is 30.3 Å². The van der Waals surface area contributed by atoms with E-state index in [0.717, 1.165) is 0 Å². The first-order valence-corrected chi connectivity index (χ1v) is 9.80. The van der Waals surface area contributed by atoms with Gasteiger partial charge in [0, 0.05) is 31.7 Å². The molecule has 1 atom stereocenters. The summed E-state index contributed by atoms with van der Waals surface area (Å²) < 4.78 is 0. The molecule has 0 N–H and O–H groups in total. The van der Waals surface area contributed by atoms with Crippen molar-refractivity contribution in [3.8, 4) is 0 Å². The number of piperidine rings is 1. The minimum Gasteiger partial charge on any atom is -0.306 e. The van der Waals surface area contributed by atoms with Crippen LogP contribution in [0.1, 0.15) is 37.7 Å². The number of hydrogen-bond donors (Lipinski definition) is 0. The van der Waals surface area contributed by atoms with Gasteiger partial charge in [0.1, 0.15) is 0 Å². The van der Waals surface area contributed by atoms with Gasteiger partial charge in [0.25, 0.3) is 0 Å². The highest BCUT2D eigenvalue weighted by molar-refractivity contribution is 5.28. The Morgan fingerprint density at radius 2 is 1.33 bits per heavy atom. The topological polar surface area (TPSA) is 9.72 Å². The minimum absolute atomic E-state index is 0.290. The molecular formula is C21H33N3. The van der Waals surface area contributed by atoms with E-state index in [0.29, 0.717) is 11.0 Å². The van der Waals surface area contributed by atoms with Gasteiger partial charge in [0.05, 0.1) is 0 Å². The fourth-order valence-electron chi connectivity index (χ4n) is 5.47. The molecule has 0 amide bonds. The molecule has 1 aromatic carbocycles. The smallest absolute Gasteiger partial charge is 0.0467 e. The maximum absolute atomic E-state index is 2.84. The largest absolute Gasteiger partial charge is 0.306 e. The average Bonchev–Trinajstić information content (AvgIpc) is 3.00. The molecule has 1 spiro atoms. The van der Waals surface area contributed by atoms with Crippen LogP contribution < -0.4 is 0 Å². The van der Waals surface area contributed by atoms with E-state index in [9.17, 15) is 0 Å². The lowest BCUT2D eigenvalue weighted by Gasteiger charge is -2.48. The number of likely N-dealkylation sites (N-methyl/N-ethyl adjacent to an activating group) is 1. The summed E-state index contributed by atoms with van der Waals surface area (Å²) >= 11 is 0. The Bertz CT molecular complexity index is 541. The van der Waals surface area contributed by atoms with Crippen LogP contribution in [0.5, 0.6) is 0 Å². The summed E-state index contributed by atoms with van der Waals surface area (Å²) in [4.78, 5) is 7.84. The van der Waals surface area contributed by atoms with Crippen LogP contribution in [0.3, 0.4) is 0 Å². The highest BCUT2D eigenvalue weighted by Gasteiger charge is 2.52. The summed E-state index contributed by atoms with van der Waals surface area (Å²) in [6.07, 6.45) is 6.94. The molecule has 1 aromatic rings. The molecule has 2 aliphatic heterocycles. The first-order chi connectivity index (χ1) is 11.6. The molecule has 3 nitrogen and oxygen atoms in total.